The number of hydrogen-bond acceptors (Lipinski definition) is 5. The number of carbonyl (C=O) groups excluding carboxylic acids is 1. The number of ether oxygens (including phenoxy) is 1. The zero-order valence-electron chi connectivity index (χ0n) is 17.3. The van der Waals surface area contributed by atoms with Gasteiger partial charge in [0.15, 0.2) is 0 Å². The van der Waals surface area contributed by atoms with Gasteiger partial charge in [0, 0.05) is 42.5 Å². The van der Waals surface area contributed by atoms with Gasteiger partial charge in [0.1, 0.15) is 17.2 Å². The van der Waals surface area contributed by atoms with Crippen LogP contribution in [0.4, 0.5) is 4.39 Å². The van der Waals surface area contributed by atoms with Crippen LogP contribution in [0.15, 0.2) is 42.6 Å². The van der Waals surface area contributed by atoms with Gasteiger partial charge in [-0.05, 0) is 47.9 Å². The van der Waals surface area contributed by atoms with Crippen molar-refractivity contribution >= 4 is 22.5 Å². The highest BCUT2D eigenvalue weighted by molar-refractivity contribution is 5.96. The fourth-order valence-electron chi connectivity index (χ4n) is 3.88. The molecule has 31 heavy (non-hydrogen) atoms. The van der Waals surface area contributed by atoms with E-state index in [4.69, 9.17) is 9.84 Å². The normalized spacial score (nSPS) is 14.5. The molecule has 0 aliphatic carbocycles. The van der Waals surface area contributed by atoms with Crippen LogP contribution in [0.2, 0.25) is 0 Å². The Morgan fingerprint density at radius 2 is 2.19 bits per heavy atom. The maximum Gasteiger partial charge on any atom is 0.234 e. The third-order valence-corrected chi connectivity index (χ3v) is 5.42. The highest BCUT2D eigenvalue weighted by Gasteiger charge is 2.18. The molecule has 0 unspecified atom stereocenters. The van der Waals surface area contributed by atoms with Crippen molar-refractivity contribution in [2.75, 3.05) is 39.9 Å². The van der Waals surface area contributed by atoms with Crippen LogP contribution in [0, 0.1) is 5.82 Å². The first-order chi connectivity index (χ1) is 15.1. The molecule has 0 spiro atoms. The Balaban J connectivity index is 1.58. The van der Waals surface area contributed by atoms with Crippen LogP contribution >= 0.6 is 0 Å². The van der Waals surface area contributed by atoms with E-state index in [9.17, 15) is 9.18 Å². The predicted octanol–water partition coefficient (Wildman–Crippen LogP) is 2.58. The molecular weight excluding hydrogens is 399 g/mol. The van der Waals surface area contributed by atoms with Gasteiger partial charge < -0.3 is 20.1 Å². The van der Waals surface area contributed by atoms with Crippen molar-refractivity contribution in [2.45, 2.75) is 6.42 Å². The lowest BCUT2D eigenvalue weighted by Gasteiger charge is -2.25. The fraction of sp³-hybridized carbons (Fsp3) is 0.304. The van der Waals surface area contributed by atoms with Gasteiger partial charge in [-0.25, -0.2) is 9.37 Å². The SMILES string of the molecule is COc1ccc(F)cc1-c1ccnc2[nH]c(C3=CCN(CC(=O)NCCO)CC3)cc12. The molecule has 1 aliphatic rings. The van der Waals surface area contributed by atoms with Crippen LogP contribution in [0.1, 0.15) is 12.1 Å². The molecule has 0 atom stereocenters. The smallest absolute Gasteiger partial charge is 0.234 e. The molecule has 0 saturated heterocycles. The average Bonchev–Trinajstić information content (AvgIpc) is 3.22. The Morgan fingerprint density at radius 1 is 1.32 bits per heavy atom. The number of pyridine rings is 1. The molecule has 0 bridgehead atoms. The third kappa shape index (κ3) is 4.60. The number of fused-ring (bicyclic) bond motifs is 1. The summed E-state index contributed by atoms with van der Waals surface area (Å²) >= 11 is 0. The summed E-state index contributed by atoms with van der Waals surface area (Å²) in [5.74, 6) is 0.188. The highest BCUT2D eigenvalue weighted by Crippen LogP contribution is 2.36. The first-order valence-electron chi connectivity index (χ1n) is 10.2. The minimum atomic E-state index is -0.324. The summed E-state index contributed by atoms with van der Waals surface area (Å²) in [5, 5.41) is 12.4. The van der Waals surface area contributed by atoms with Crippen LogP contribution in [0.25, 0.3) is 27.7 Å². The van der Waals surface area contributed by atoms with Crippen molar-refractivity contribution in [3.8, 4) is 16.9 Å². The first-order valence-corrected chi connectivity index (χ1v) is 10.2. The molecule has 3 aromatic rings. The standard InChI is InChI=1S/C23H25FN4O3/c1-31-21-3-2-16(24)12-18(21)17-4-7-26-23-19(17)13-20(27-23)15-5-9-28(10-6-15)14-22(30)25-8-11-29/h2-5,7,12-13,29H,6,8-11,14H2,1H3,(H,25,30)(H,26,27). The quantitative estimate of drug-likeness (QED) is 0.542. The molecule has 4 rings (SSSR count). The van der Waals surface area contributed by atoms with E-state index < -0.39 is 0 Å². The Morgan fingerprint density at radius 3 is 2.94 bits per heavy atom. The Kier molecular flexibility index (Phi) is 6.29. The van der Waals surface area contributed by atoms with Gasteiger partial charge >= 0.3 is 0 Å². The van der Waals surface area contributed by atoms with Crippen molar-refractivity contribution in [1.82, 2.24) is 20.2 Å². The predicted molar refractivity (Wildman–Crippen MR) is 117 cm³/mol. The van der Waals surface area contributed by atoms with Gasteiger partial charge in [-0.3, -0.25) is 9.69 Å². The summed E-state index contributed by atoms with van der Waals surface area (Å²) < 4.78 is 19.4. The zero-order valence-corrected chi connectivity index (χ0v) is 17.3. The maximum atomic E-state index is 13.9. The van der Waals surface area contributed by atoms with Gasteiger partial charge in [0.25, 0.3) is 0 Å². The van der Waals surface area contributed by atoms with E-state index >= 15 is 0 Å². The number of carbonyl (C=O) groups is 1. The number of benzene rings is 1. The van der Waals surface area contributed by atoms with Gasteiger partial charge in [-0.2, -0.15) is 0 Å². The van der Waals surface area contributed by atoms with E-state index in [0.29, 0.717) is 24.4 Å². The molecule has 7 nitrogen and oxygen atoms in total. The number of halogens is 1. The molecule has 0 radical (unpaired) electrons. The summed E-state index contributed by atoms with van der Waals surface area (Å²) in [5.41, 5.74) is 4.38. The van der Waals surface area contributed by atoms with Crippen molar-refractivity contribution in [2.24, 2.45) is 0 Å². The lowest BCUT2D eigenvalue weighted by molar-refractivity contribution is -0.122. The second-order valence-electron chi connectivity index (χ2n) is 7.44. The maximum absolute atomic E-state index is 13.9. The number of amides is 1. The van der Waals surface area contributed by atoms with Gasteiger partial charge in [-0.15, -0.1) is 0 Å². The van der Waals surface area contributed by atoms with E-state index in [1.165, 1.54) is 12.1 Å². The Hall–Kier alpha value is -3.23. The molecule has 1 aromatic carbocycles. The molecule has 1 aliphatic heterocycles. The second kappa shape index (κ2) is 9.28. The molecular formula is C23H25FN4O3. The lowest BCUT2D eigenvalue weighted by atomic mass is 10.0. The topological polar surface area (TPSA) is 90.5 Å². The van der Waals surface area contributed by atoms with Crippen LogP contribution < -0.4 is 10.1 Å². The summed E-state index contributed by atoms with van der Waals surface area (Å²) in [6.07, 6.45) is 4.60. The molecule has 3 N–H and O–H groups in total. The highest BCUT2D eigenvalue weighted by atomic mass is 19.1. The Labute approximate surface area is 179 Å². The summed E-state index contributed by atoms with van der Waals surface area (Å²) in [7, 11) is 1.57. The van der Waals surface area contributed by atoms with Crippen molar-refractivity contribution in [3.63, 3.8) is 0 Å². The van der Waals surface area contributed by atoms with Crippen LogP contribution in [-0.4, -0.2) is 65.8 Å². The number of rotatable bonds is 7. The molecule has 3 heterocycles. The number of hydrogen-bond donors (Lipinski definition) is 3. The summed E-state index contributed by atoms with van der Waals surface area (Å²) in [4.78, 5) is 21.7. The fourth-order valence-corrected chi connectivity index (χ4v) is 3.88. The molecule has 0 fully saturated rings. The van der Waals surface area contributed by atoms with E-state index in [0.717, 1.165) is 40.8 Å². The van der Waals surface area contributed by atoms with E-state index in [1.807, 2.05) is 12.1 Å². The number of nitrogens with zero attached hydrogens (tertiary/aromatic N) is 2. The molecule has 2 aromatic heterocycles. The molecule has 162 valence electrons. The minimum Gasteiger partial charge on any atom is -0.496 e. The zero-order chi connectivity index (χ0) is 21.8. The number of methoxy groups -OCH3 is 1. The summed E-state index contributed by atoms with van der Waals surface area (Å²) in [6, 6.07) is 8.38. The lowest BCUT2D eigenvalue weighted by Crippen LogP contribution is -2.40. The molecule has 0 saturated carbocycles. The molecule has 1 amide bonds. The van der Waals surface area contributed by atoms with Crippen LogP contribution in [-0.2, 0) is 4.79 Å². The van der Waals surface area contributed by atoms with Gasteiger partial charge in [-0.1, -0.05) is 6.08 Å². The second-order valence-corrected chi connectivity index (χ2v) is 7.44. The van der Waals surface area contributed by atoms with Gasteiger partial charge in [0.05, 0.1) is 20.3 Å². The number of aliphatic hydroxyl groups excluding tert-OH is 1. The van der Waals surface area contributed by atoms with Crippen molar-refractivity contribution in [3.05, 3.63) is 54.1 Å². The number of aliphatic hydroxyl groups is 1. The van der Waals surface area contributed by atoms with Crippen molar-refractivity contribution < 1.29 is 19.0 Å². The monoisotopic (exact) mass is 424 g/mol. The van der Waals surface area contributed by atoms with Crippen molar-refractivity contribution in [1.29, 1.82) is 0 Å². The molecule has 8 heteroatoms. The largest absolute Gasteiger partial charge is 0.496 e. The van der Waals surface area contributed by atoms with E-state index in [1.54, 1.807) is 19.4 Å². The van der Waals surface area contributed by atoms with Crippen LogP contribution in [0.5, 0.6) is 5.75 Å². The number of H-pyrrole nitrogens is 1. The summed E-state index contributed by atoms with van der Waals surface area (Å²) in [6.45, 7) is 1.94. The van der Waals surface area contributed by atoms with Crippen LogP contribution in [0.3, 0.4) is 0 Å². The van der Waals surface area contributed by atoms with E-state index in [-0.39, 0.29) is 24.9 Å². The first kappa shape index (κ1) is 21.0. The van der Waals surface area contributed by atoms with Gasteiger partial charge in [0.2, 0.25) is 5.91 Å². The average molecular weight is 424 g/mol. The third-order valence-electron chi connectivity index (χ3n) is 5.42. The van der Waals surface area contributed by atoms with E-state index in [2.05, 4.69) is 26.3 Å². The number of aromatic nitrogens is 2. The minimum absolute atomic E-state index is 0.0618. The number of nitrogens with one attached hydrogen (secondary N) is 2. The number of aromatic amines is 1. The Bertz CT molecular complexity index is 1130.